The summed E-state index contributed by atoms with van der Waals surface area (Å²) < 4.78 is 17.9. The lowest BCUT2D eigenvalue weighted by molar-refractivity contribution is 0.0106. The highest BCUT2D eigenvalue weighted by Gasteiger charge is 2.37. The van der Waals surface area contributed by atoms with E-state index in [0.717, 1.165) is 41.0 Å². The lowest BCUT2D eigenvalue weighted by atomic mass is 9.80. The van der Waals surface area contributed by atoms with Gasteiger partial charge in [-0.2, -0.15) is 0 Å². The molecule has 3 aromatic carbocycles. The maximum Gasteiger partial charge on any atom is 0.143 e. The molecule has 0 aliphatic carbocycles. The van der Waals surface area contributed by atoms with Gasteiger partial charge < -0.3 is 19.3 Å². The predicted octanol–water partition coefficient (Wildman–Crippen LogP) is 9.47. The minimum atomic E-state index is -0.724. The minimum absolute atomic E-state index is 0.342. The van der Waals surface area contributed by atoms with Crippen LogP contribution in [-0.2, 0) is 10.3 Å². The standard InChI is InChI=1S/C37H52O4/c1-39-35-26-22-33(23-27-35)37(32-20-16-15-17-21-32,34-24-28-36(40-2)29-25-34)41-31-19-14-12-10-8-6-4-3-5-7-9-11-13-18-30-38/h15-17,20-29,38H,3-14,18-19,30-31H2,1-2H3. The van der Waals surface area contributed by atoms with E-state index in [1.54, 1.807) is 14.2 Å². The fraction of sp³-hybridized carbons (Fsp3) is 0.514. The van der Waals surface area contributed by atoms with Crippen molar-refractivity contribution in [1.29, 1.82) is 0 Å². The van der Waals surface area contributed by atoms with Gasteiger partial charge in [-0.15, -0.1) is 0 Å². The second-order valence-corrected chi connectivity index (χ2v) is 11.0. The van der Waals surface area contributed by atoms with E-state index in [4.69, 9.17) is 19.3 Å². The van der Waals surface area contributed by atoms with Gasteiger partial charge in [-0.05, 0) is 53.8 Å². The summed E-state index contributed by atoms with van der Waals surface area (Å²) in [5, 5.41) is 8.85. The largest absolute Gasteiger partial charge is 0.497 e. The van der Waals surface area contributed by atoms with Crippen molar-refractivity contribution in [2.45, 2.75) is 95.5 Å². The molecular weight excluding hydrogens is 508 g/mol. The molecule has 0 unspecified atom stereocenters. The highest BCUT2D eigenvalue weighted by Crippen LogP contribution is 2.41. The van der Waals surface area contributed by atoms with Crippen LogP contribution in [0.15, 0.2) is 78.9 Å². The van der Waals surface area contributed by atoms with Crippen LogP contribution in [0.2, 0.25) is 0 Å². The molecule has 0 radical (unpaired) electrons. The van der Waals surface area contributed by atoms with Gasteiger partial charge in [-0.25, -0.2) is 0 Å². The molecule has 0 spiro atoms. The zero-order valence-electron chi connectivity index (χ0n) is 25.5. The molecule has 4 heteroatoms. The van der Waals surface area contributed by atoms with E-state index in [2.05, 4.69) is 54.6 Å². The van der Waals surface area contributed by atoms with Crippen molar-refractivity contribution in [2.75, 3.05) is 27.4 Å². The Morgan fingerprint density at radius 1 is 0.463 bits per heavy atom. The summed E-state index contributed by atoms with van der Waals surface area (Å²) in [5.41, 5.74) is 2.55. The first-order valence-electron chi connectivity index (χ1n) is 15.8. The molecule has 0 fully saturated rings. The van der Waals surface area contributed by atoms with Crippen molar-refractivity contribution in [3.8, 4) is 11.5 Å². The lowest BCUT2D eigenvalue weighted by Gasteiger charge is -2.36. The first kappa shape index (κ1) is 32.7. The number of hydrogen-bond donors (Lipinski definition) is 1. The Morgan fingerprint density at radius 3 is 1.22 bits per heavy atom. The predicted molar refractivity (Wildman–Crippen MR) is 170 cm³/mol. The van der Waals surface area contributed by atoms with E-state index in [0.29, 0.717) is 13.2 Å². The van der Waals surface area contributed by atoms with Crippen molar-refractivity contribution in [3.63, 3.8) is 0 Å². The van der Waals surface area contributed by atoms with E-state index < -0.39 is 5.60 Å². The summed E-state index contributed by atoms with van der Waals surface area (Å²) in [6.07, 6.45) is 17.7. The van der Waals surface area contributed by atoms with Crippen LogP contribution in [0.3, 0.4) is 0 Å². The fourth-order valence-electron chi connectivity index (χ4n) is 5.63. The molecule has 3 rings (SSSR count). The van der Waals surface area contributed by atoms with Gasteiger partial charge in [0.05, 0.1) is 14.2 Å². The summed E-state index contributed by atoms with van der Waals surface area (Å²) in [7, 11) is 3.40. The highest BCUT2D eigenvalue weighted by molar-refractivity contribution is 5.49. The van der Waals surface area contributed by atoms with Gasteiger partial charge in [0.15, 0.2) is 0 Å². The molecule has 0 atom stereocenters. The molecule has 0 amide bonds. The summed E-state index contributed by atoms with van der Waals surface area (Å²) >= 11 is 0. The third kappa shape index (κ3) is 10.5. The average molecular weight is 561 g/mol. The monoisotopic (exact) mass is 560 g/mol. The van der Waals surface area contributed by atoms with Crippen molar-refractivity contribution >= 4 is 0 Å². The van der Waals surface area contributed by atoms with E-state index >= 15 is 0 Å². The second-order valence-electron chi connectivity index (χ2n) is 11.0. The van der Waals surface area contributed by atoms with Crippen LogP contribution in [0.4, 0.5) is 0 Å². The highest BCUT2D eigenvalue weighted by atomic mass is 16.5. The Labute approximate surface area is 249 Å². The topological polar surface area (TPSA) is 47.9 Å². The van der Waals surface area contributed by atoms with Crippen molar-refractivity contribution in [3.05, 3.63) is 95.6 Å². The Bertz CT molecular complexity index is 999. The first-order valence-corrected chi connectivity index (χ1v) is 15.8. The SMILES string of the molecule is COc1ccc(C(OCCCCCCCCCCCCCCCCO)(c2ccccc2)c2ccc(OC)cc2)cc1. The van der Waals surface area contributed by atoms with Crippen LogP contribution in [0.1, 0.15) is 107 Å². The molecule has 0 saturated heterocycles. The molecule has 1 N–H and O–H groups in total. The number of benzene rings is 3. The summed E-state index contributed by atoms with van der Waals surface area (Å²) in [6.45, 7) is 1.03. The van der Waals surface area contributed by atoms with Crippen molar-refractivity contribution < 1.29 is 19.3 Å². The van der Waals surface area contributed by atoms with Gasteiger partial charge in [0.2, 0.25) is 0 Å². The molecule has 224 valence electrons. The minimum Gasteiger partial charge on any atom is -0.497 e. The van der Waals surface area contributed by atoms with Gasteiger partial charge in [-0.1, -0.05) is 132 Å². The van der Waals surface area contributed by atoms with Gasteiger partial charge in [0.1, 0.15) is 17.1 Å². The number of hydrogen-bond acceptors (Lipinski definition) is 4. The van der Waals surface area contributed by atoms with Gasteiger partial charge in [0.25, 0.3) is 0 Å². The zero-order chi connectivity index (χ0) is 29.0. The number of ether oxygens (including phenoxy) is 3. The maximum atomic E-state index is 8.85. The van der Waals surface area contributed by atoms with Crippen molar-refractivity contribution in [2.24, 2.45) is 0 Å². The van der Waals surface area contributed by atoms with Crippen molar-refractivity contribution in [1.82, 2.24) is 0 Å². The summed E-state index contributed by atoms with van der Waals surface area (Å²) in [5.74, 6) is 1.67. The van der Waals surface area contributed by atoms with E-state index in [-0.39, 0.29) is 0 Å². The van der Waals surface area contributed by atoms with Crippen LogP contribution >= 0.6 is 0 Å². The Morgan fingerprint density at radius 2 is 0.829 bits per heavy atom. The van der Waals surface area contributed by atoms with Gasteiger partial charge in [-0.3, -0.25) is 0 Å². The van der Waals surface area contributed by atoms with Crippen LogP contribution < -0.4 is 9.47 Å². The third-order valence-corrected chi connectivity index (χ3v) is 8.04. The molecule has 0 bridgehead atoms. The molecule has 4 nitrogen and oxygen atoms in total. The number of aliphatic hydroxyl groups is 1. The van der Waals surface area contributed by atoms with E-state index in [1.165, 1.54) is 77.0 Å². The number of aliphatic hydroxyl groups excluding tert-OH is 1. The van der Waals surface area contributed by atoms with Crippen LogP contribution in [-0.4, -0.2) is 32.5 Å². The second kappa shape index (κ2) is 19.3. The summed E-state index contributed by atoms with van der Waals surface area (Å²) in [4.78, 5) is 0. The first-order chi connectivity index (χ1) is 20.2. The smallest absolute Gasteiger partial charge is 0.143 e. The van der Waals surface area contributed by atoms with E-state index in [1.807, 2.05) is 24.3 Å². The van der Waals surface area contributed by atoms with Crippen LogP contribution in [0.25, 0.3) is 0 Å². The number of rotatable bonds is 22. The van der Waals surface area contributed by atoms with Gasteiger partial charge >= 0.3 is 0 Å². The van der Waals surface area contributed by atoms with Gasteiger partial charge in [0, 0.05) is 13.2 Å². The Balaban J connectivity index is 1.52. The Hall–Kier alpha value is -2.82. The lowest BCUT2D eigenvalue weighted by Crippen LogP contribution is -2.33. The molecular formula is C37H52O4. The summed E-state index contributed by atoms with van der Waals surface area (Å²) in [6, 6.07) is 27.1. The Kier molecular flexibility index (Phi) is 15.4. The fourth-order valence-corrected chi connectivity index (χ4v) is 5.63. The molecule has 0 saturated carbocycles. The maximum absolute atomic E-state index is 8.85. The molecule has 0 aliphatic rings. The van der Waals surface area contributed by atoms with Crippen LogP contribution in [0.5, 0.6) is 11.5 Å². The number of unbranched alkanes of at least 4 members (excludes halogenated alkanes) is 13. The molecule has 3 aromatic rings. The number of methoxy groups -OCH3 is 2. The molecule has 0 aliphatic heterocycles. The van der Waals surface area contributed by atoms with Crippen LogP contribution in [0, 0.1) is 0 Å². The van der Waals surface area contributed by atoms with E-state index in [9.17, 15) is 0 Å². The average Bonchev–Trinajstić information content (AvgIpc) is 3.03. The normalized spacial score (nSPS) is 11.5. The molecule has 41 heavy (non-hydrogen) atoms. The molecule has 0 aromatic heterocycles. The quantitative estimate of drug-likeness (QED) is 0.0982. The zero-order valence-corrected chi connectivity index (χ0v) is 25.5. The third-order valence-electron chi connectivity index (χ3n) is 8.04. The molecule has 0 heterocycles.